The zero-order valence-corrected chi connectivity index (χ0v) is 12.9. The van der Waals surface area contributed by atoms with Crippen LogP contribution in [0.5, 0.6) is 0 Å². The van der Waals surface area contributed by atoms with Crippen LogP contribution in [0.4, 0.5) is 0 Å². The fourth-order valence-electron chi connectivity index (χ4n) is 3.98. The number of amides is 1. The van der Waals surface area contributed by atoms with Crippen molar-refractivity contribution in [1.29, 1.82) is 0 Å². The predicted molar refractivity (Wildman–Crippen MR) is 85.9 cm³/mol. The highest BCUT2D eigenvalue weighted by molar-refractivity contribution is 5.79. The summed E-state index contributed by atoms with van der Waals surface area (Å²) in [6.45, 7) is 0.770. The van der Waals surface area contributed by atoms with Crippen molar-refractivity contribution in [2.45, 2.75) is 51.4 Å². The Morgan fingerprint density at radius 2 is 1.76 bits per heavy atom. The van der Waals surface area contributed by atoms with E-state index < -0.39 is 0 Å². The molecule has 2 aliphatic rings. The van der Waals surface area contributed by atoms with E-state index >= 15 is 0 Å². The summed E-state index contributed by atoms with van der Waals surface area (Å²) in [7, 11) is 0. The first-order valence-electron chi connectivity index (χ1n) is 8.63. The Kier molecular flexibility index (Phi) is 4.95. The van der Waals surface area contributed by atoms with Crippen molar-refractivity contribution in [3.8, 4) is 0 Å². The van der Waals surface area contributed by atoms with Crippen molar-refractivity contribution in [1.82, 2.24) is 5.32 Å². The Morgan fingerprint density at radius 1 is 1.05 bits per heavy atom. The number of benzene rings is 1. The minimum Gasteiger partial charge on any atom is -0.356 e. The van der Waals surface area contributed by atoms with E-state index in [4.69, 9.17) is 0 Å². The van der Waals surface area contributed by atoms with Gasteiger partial charge in [0.05, 0.1) is 0 Å². The zero-order chi connectivity index (χ0) is 14.5. The molecule has 1 N–H and O–H groups in total. The second kappa shape index (κ2) is 7.11. The molecule has 0 radical (unpaired) electrons. The van der Waals surface area contributed by atoms with E-state index in [0.29, 0.717) is 5.92 Å². The van der Waals surface area contributed by atoms with Crippen LogP contribution in [0.3, 0.4) is 0 Å². The van der Waals surface area contributed by atoms with Crippen molar-refractivity contribution < 1.29 is 4.79 Å². The third kappa shape index (κ3) is 4.09. The summed E-state index contributed by atoms with van der Waals surface area (Å²) in [6.07, 6.45) is 10.3. The Morgan fingerprint density at radius 3 is 2.48 bits per heavy atom. The van der Waals surface area contributed by atoms with Crippen LogP contribution < -0.4 is 5.32 Å². The van der Waals surface area contributed by atoms with E-state index in [1.165, 1.54) is 37.7 Å². The van der Waals surface area contributed by atoms with Gasteiger partial charge >= 0.3 is 0 Å². The maximum absolute atomic E-state index is 12.1. The fraction of sp³-hybridized carbons (Fsp3) is 0.632. The van der Waals surface area contributed by atoms with Crippen molar-refractivity contribution in [3.63, 3.8) is 0 Å². The lowest BCUT2D eigenvalue weighted by atomic mass is 9.70. The number of hydrogen-bond acceptors (Lipinski definition) is 1. The molecular weight excluding hydrogens is 258 g/mol. The first-order valence-corrected chi connectivity index (χ1v) is 8.63. The van der Waals surface area contributed by atoms with Gasteiger partial charge in [0.15, 0.2) is 0 Å². The van der Waals surface area contributed by atoms with Crippen LogP contribution in [-0.2, 0) is 11.2 Å². The van der Waals surface area contributed by atoms with Gasteiger partial charge < -0.3 is 5.32 Å². The molecule has 0 aromatic heterocycles. The molecule has 1 amide bonds. The fourth-order valence-corrected chi connectivity index (χ4v) is 3.98. The Labute approximate surface area is 128 Å². The summed E-state index contributed by atoms with van der Waals surface area (Å²) < 4.78 is 0. The van der Waals surface area contributed by atoms with Gasteiger partial charge in [-0.1, -0.05) is 56.0 Å². The molecule has 2 saturated carbocycles. The molecule has 0 saturated heterocycles. The lowest BCUT2D eigenvalue weighted by molar-refractivity contribution is -0.129. The average molecular weight is 285 g/mol. The van der Waals surface area contributed by atoms with E-state index in [2.05, 4.69) is 29.6 Å². The van der Waals surface area contributed by atoms with E-state index in [0.717, 1.165) is 37.6 Å². The summed E-state index contributed by atoms with van der Waals surface area (Å²) in [4.78, 5) is 12.1. The molecule has 2 fully saturated rings. The normalized spacial score (nSPS) is 25.5. The molecule has 0 atom stereocenters. The lowest BCUT2D eigenvalue weighted by Crippen LogP contribution is -2.39. The largest absolute Gasteiger partial charge is 0.356 e. The van der Waals surface area contributed by atoms with E-state index in [1.807, 2.05) is 6.07 Å². The highest BCUT2D eigenvalue weighted by Crippen LogP contribution is 2.41. The van der Waals surface area contributed by atoms with E-state index in [9.17, 15) is 4.79 Å². The van der Waals surface area contributed by atoms with Gasteiger partial charge in [0.25, 0.3) is 0 Å². The molecule has 0 aliphatic heterocycles. The smallest absolute Gasteiger partial charge is 0.223 e. The van der Waals surface area contributed by atoms with Crippen molar-refractivity contribution in [2.75, 3.05) is 6.54 Å². The number of hydrogen-bond donors (Lipinski definition) is 1. The van der Waals surface area contributed by atoms with Crippen LogP contribution in [0, 0.1) is 17.8 Å². The van der Waals surface area contributed by atoms with Crippen LogP contribution in [0.25, 0.3) is 0 Å². The molecule has 21 heavy (non-hydrogen) atoms. The topological polar surface area (TPSA) is 29.1 Å². The van der Waals surface area contributed by atoms with Crippen LogP contribution in [0.1, 0.15) is 50.5 Å². The molecule has 1 aromatic rings. The van der Waals surface area contributed by atoms with Crippen LogP contribution in [0.15, 0.2) is 30.3 Å². The summed E-state index contributed by atoms with van der Waals surface area (Å²) in [6, 6.07) is 10.4. The van der Waals surface area contributed by atoms with Gasteiger partial charge in [-0.15, -0.1) is 0 Å². The summed E-state index contributed by atoms with van der Waals surface area (Å²) in [5.74, 6) is 2.39. The van der Waals surface area contributed by atoms with Gasteiger partial charge in [0.1, 0.15) is 0 Å². The average Bonchev–Trinajstić information content (AvgIpc) is 2.96. The third-order valence-electron chi connectivity index (χ3n) is 5.30. The second-order valence-corrected chi connectivity index (χ2v) is 6.95. The molecule has 1 aromatic carbocycles. The quantitative estimate of drug-likeness (QED) is 0.842. The molecule has 0 spiro atoms. The van der Waals surface area contributed by atoms with Gasteiger partial charge in [-0.2, -0.15) is 0 Å². The molecular formula is C19H27NO. The molecule has 0 bridgehead atoms. The van der Waals surface area contributed by atoms with Crippen molar-refractivity contribution >= 4 is 5.91 Å². The predicted octanol–water partition coefficient (Wildman–Crippen LogP) is 3.95. The maximum atomic E-state index is 12.1. The standard InChI is InChI=1S/C19H27NO/c21-19(20-11-10-15-6-2-1-3-7-15)18-13-17(14-18)12-16-8-4-5-9-16/h1-3,6-7,16-18H,4-5,8-14H2,(H,20,21). The minimum absolute atomic E-state index is 0.286. The van der Waals surface area contributed by atoms with Gasteiger partial charge in [0.2, 0.25) is 5.91 Å². The molecule has 2 nitrogen and oxygen atoms in total. The lowest BCUT2D eigenvalue weighted by Gasteiger charge is -2.35. The van der Waals surface area contributed by atoms with Gasteiger partial charge in [-0.05, 0) is 43.1 Å². The Bertz CT molecular complexity index is 444. The van der Waals surface area contributed by atoms with Crippen LogP contribution >= 0.6 is 0 Å². The molecule has 0 unspecified atom stereocenters. The monoisotopic (exact) mass is 285 g/mol. The van der Waals surface area contributed by atoms with E-state index in [-0.39, 0.29) is 5.91 Å². The maximum Gasteiger partial charge on any atom is 0.223 e. The number of rotatable bonds is 6. The zero-order valence-electron chi connectivity index (χ0n) is 12.9. The number of carbonyl (C=O) groups is 1. The van der Waals surface area contributed by atoms with Gasteiger partial charge in [-0.25, -0.2) is 0 Å². The number of carbonyl (C=O) groups excluding carboxylic acids is 1. The Balaban J connectivity index is 1.30. The van der Waals surface area contributed by atoms with Crippen molar-refractivity contribution in [3.05, 3.63) is 35.9 Å². The third-order valence-corrected chi connectivity index (χ3v) is 5.30. The summed E-state index contributed by atoms with van der Waals surface area (Å²) in [5, 5.41) is 3.11. The van der Waals surface area contributed by atoms with Gasteiger partial charge in [-0.3, -0.25) is 4.79 Å². The van der Waals surface area contributed by atoms with Crippen LogP contribution in [-0.4, -0.2) is 12.5 Å². The first-order chi connectivity index (χ1) is 10.3. The van der Waals surface area contributed by atoms with Crippen LogP contribution in [0.2, 0.25) is 0 Å². The SMILES string of the molecule is O=C(NCCc1ccccc1)C1CC(CC2CCCC2)C1. The summed E-state index contributed by atoms with van der Waals surface area (Å²) in [5.41, 5.74) is 1.30. The Hall–Kier alpha value is -1.31. The first kappa shape index (κ1) is 14.6. The van der Waals surface area contributed by atoms with Crippen molar-refractivity contribution in [2.24, 2.45) is 17.8 Å². The molecule has 3 rings (SSSR count). The minimum atomic E-state index is 0.286. The van der Waals surface area contributed by atoms with E-state index in [1.54, 1.807) is 0 Å². The molecule has 0 heterocycles. The number of nitrogens with one attached hydrogen (secondary N) is 1. The second-order valence-electron chi connectivity index (χ2n) is 6.95. The molecule has 114 valence electrons. The molecule has 2 heteroatoms. The molecule has 2 aliphatic carbocycles. The highest BCUT2D eigenvalue weighted by atomic mass is 16.1. The van der Waals surface area contributed by atoms with Gasteiger partial charge in [0, 0.05) is 12.5 Å². The summed E-state index contributed by atoms with van der Waals surface area (Å²) >= 11 is 0. The highest BCUT2D eigenvalue weighted by Gasteiger charge is 2.35.